The molecule has 1 aliphatic heterocycles. The van der Waals surface area contributed by atoms with Crippen LogP contribution in [0.15, 0.2) is 10.6 Å². The SMILES string of the molecule is CC(N)c1cnc(CC2CCCCN2C)o1. The summed E-state index contributed by atoms with van der Waals surface area (Å²) >= 11 is 0. The minimum atomic E-state index is -0.0645. The molecule has 2 rings (SSSR count). The second-order valence-corrected chi connectivity index (χ2v) is 4.78. The minimum Gasteiger partial charge on any atom is -0.444 e. The van der Waals surface area contributed by atoms with Gasteiger partial charge in [0.05, 0.1) is 12.2 Å². The maximum absolute atomic E-state index is 5.74. The van der Waals surface area contributed by atoms with Gasteiger partial charge in [-0.05, 0) is 33.4 Å². The summed E-state index contributed by atoms with van der Waals surface area (Å²) in [6.07, 6.45) is 6.53. The predicted octanol–water partition coefficient (Wildman–Crippen LogP) is 1.72. The van der Waals surface area contributed by atoms with Gasteiger partial charge in [0.2, 0.25) is 0 Å². The van der Waals surface area contributed by atoms with Crippen LogP contribution in [0.3, 0.4) is 0 Å². The average Bonchev–Trinajstić information content (AvgIpc) is 2.70. The van der Waals surface area contributed by atoms with E-state index in [1.54, 1.807) is 6.20 Å². The highest BCUT2D eigenvalue weighted by Gasteiger charge is 2.21. The van der Waals surface area contributed by atoms with Crippen molar-refractivity contribution in [2.24, 2.45) is 5.73 Å². The normalized spacial score (nSPS) is 24.6. The van der Waals surface area contributed by atoms with Crippen LogP contribution in [-0.2, 0) is 6.42 Å². The van der Waals surface area contributed by atoms with Gasteiger partial charge in [0.1, 0.15) is 5.76 Å². The first-order valence-corrected chi connectivity index (χ1v) is 6.07. The lowest BCUT2D eigenvalue weighted by Gasteiger charge is -2.31. The van der Waals surface area contributed by atoms with Crippen molar-refractivity contribution in [3.63, 3.8) is 0 Å². The zero-order valence-electron chi connectivity index (χ0n) is 10.1. The molecule has 0 bridgehead atoms. The number of likely N-dealkylation sites (N-methyl/N-ethyl adjacent to an activating group) is 1. The molecule has 2 N–H and O–H groups in total. The van der Waals surface area contributed by atoms with Crippen LogP contribution in [0.2, 0.25) is 0 Å². The average molecular weight is 223 g/mol. The van der Waals surface area contributed by atoms with Crippen LogP contribution in [-0.4, -0.2) is 29.5 Å². The molecule has 1 aromatic rings. The molecule has 0 spiro atoms. The molecular weight excluding hydrogens is 202 g/mol. The summed E-state index contributed by atoms with van der Waals surface area (Å²) in [6.45, 7) is 3.10. The smallest absolute Gasteiger partial charge is 0.196 e. The minimum absolute atomic E-state index is 0.0645. The van der Waals surface area contributed by atoms with Gasteiger partial charge in [0, 0.05) is 12.5 Å². The van der Waals surface area contributed by atoms with Crippen molar-refractivity contribution in [2.45, 2.75) is 44.7 Å². The summed E-state index contributed by atoms with van der Waals surface area (Å²) in [5.41, 5.74) is 5.74. The standard InChI is InChI=1S/C12H21N3O/c1-9(13)11-8-14-12(16-11)7-10-5-3-4-6-15(10)2/h8-10H,3-7,13H2,1-2H3. The number of likely N-dealkylation sites (tertiary alicyclic amines) is 1. The molecule has 0 aromatic carbocycles. The molecule has 1 saturated heterocycles. The molecule has 0 saturated carbocycles. The van der Waals surface area contributed by atoms with Crippen molar-refractivity contribution in [1.82, 2.24) is 9.88 Å². The zero-order chi connectivity index (χ0) is 11.5. The van der Waals surface area contributed by atoms with E-state index < -0.39 is 0 Å². The first-order valence-electron chi connectivity index (χ1n) is 6.07. The Morgan fingerprint density at radius 2 is 2.44 bits per heavy atom. The molecule has 4 heteroatoms. The Balaban J connectivity index is 1.97. The number of hydrogen-bond acceptors (Lipinski definition) is 4. The van der Waals surface area contributed by atoms with Gasteiger partial charge in [0.25, 0.3) is 0 Å². The van der Waals surface area contributed by atoms with Crippen molar-refractivity contribution >= 4 is 0 Å². The van der Waals surface area contributed by atoms with Crippen LogP contribution in [0.25, 0.3) is 0 Å². The molecule has 0 radical (unpaired) electrons. The molecule has 90 valence electrons. The summed E-state index contributed by atoms with van der Waals surface area (Å²) in [7, 11) is 2.18. The number of nitrogens with two attached hydrogens (primary N) is 1. The van der Waals surface area contributed by atoms with Crippen molar-refractivity contribution in [3.05, 3.63) is 17.8 Å². The Hall–Kier alpha value is -0.870. The molecule has 2 heterocycles. The Morgan fingerprint density at radius 1 is 1.62 bits per heavy atom. The molecule has 0 aliphatic carbocycles. The lowest BCUT2D eigenvalue weighted by atomic mass is 10.0. The molecule has 0 amide bonds. The largest absolute Gasteiger partial charge is 0.444 e. The van der Waals surface area contributed by atoms with Crippen LogP contribution in [0.5, 0.6) is 0 Å². The van der Waals surface area contributed by atoms with Gasteiger partial charge in [-0.25, -0.2) is 4.98 Å². The van der Waals surface area contributed by atoms with E-state index in [0.29, 0.717) is 6.04 Å². The van der Waals surface area contributed by atoms with E-state index in [1.807, 2.05) is 6.92 Å². The highest BCUT2D eigenvalue weighted by Crippen LogP contribution is 2.20. The third-order valence-electron chi connectivity index (χ3n) is 3.35. The maximum atomic E-state index is 5.74. The highest BCUT2D eigenvalue weighted by molar-refractivity contribution is 5.00. The van der Waals surface area contributed by atoms with Gasteiger partial charge in [-0.3, -0.25) is 0 Å². The number of nitrogens with zero attached hydrogens (tertiary/aromatic N) is 2. The highest BCUT2D eigenvalue weighted by atomic mass is 16.4. The molecule has 2 atom stereocenters. The number of piperidine rings is 1. The van der Waals surface area contributed by atoms with E-state index in [-0.39, 0.29) is 6.04 Å². The van der Waals surface area contributed by atoms with Gasteiger partial charge in [-0.1, -0.05) is 6.42 Å². The van der Waals surface area contributed by atoms with Crippen LogP contribution in [0.4, 0.5) is 0 Å². The Labute approximate surface area is 96.8 Å². The van der Waals surface area contributed by atoms with Gasteiger partial charge < -0.3 is 15.1 Å². The molecule has 4 nitrogen and oxygen atoms in total. The number of hydrogen-bond donors (Lipinski definition) is 1. The Morgan fingerprint density at radius 3 is 3.06 bits per heavy atom. The molecule has 1 aromatic heterocycles. The van der Waals surface area contributed by atoms with E-state index >= 15 is 0 Å². The van der Waals surface area contributed by atoms with Gasteiger partial charge in [0.15, 0.2) is 5.89 Å². The van der Waals surface area contributed by atoms with Gasteiger partial charge >= 0.3 is 0 Å². The fraction of sp³-hybridized carbons (Fsp3) is 0.750. The van der Waals surface area contributed by atoms with Crippen LogP contribution in [0.1, 0.15) is 43.9 Å². The molecular formula is C12H21N3O. The van der Waals surface area contributed by atoms with Gasteiger partial charge in [-0.2, -0.15) is 0 Å². The third-order valence-corrected chi connectivity index (χ3v) is 3.35. The first kappa shape index (κ1) is 11.6. The molecule has 1 aliphatic rings. The Bertz CT molecular complexity index is 335. The summed E-state index contributed by atoms with van der Waals surface area (Å²) in [5.74, 6) is 1.61. The fourth-order valence-corrected chi connectivity index (χ4v) is 2.23. The van der Waals surface area contributed by atoms with Crippen LogP contribution in [0, 0.1) is 0 Å². The van der Waals surface area contributed by atoms with Crippen molar-refractivity contribution < 1.29 is 4.42 Å². The summed E-state index contributed by atoms with van der Waals surface area (Å²) in [5, 5.41) is 0. The van der Waals surface area contributed by atoms with Crippen molar-refractivity contribution in [2.75, 3.05) is 13.6 Å². The topological polar surface area (TPSA) is 55.3 Å². The lowest BCUT2D eigenvalue weighted by molar-refractivity contribution is 0.176. The van der Waals surface area contributed by atoms with E-state index in [0.717, 1.165) is 18.1 Å². The summed E-state index contributed by atoms with van der Waals surface area (Å²) in [6, 6.07) is 0.513. The van der Waals surface area contributed by atoms with E-state index in [4.69, 9.17) is 10.2 Å². The Kier molecular flexibility index (Phi) is 3.61. The zero-order valence-corrected chi connectivity index (χ0v) is 10.1. The predicted molar refractivity (Wildman–Crippen MR) is 63.1 cm³/mol. The maximum Gasteiger partial charge on any atom is 0.196 e. The first-order chi connectivity index (χ1) is 7.66. The van der Waals surface area contributed by atoms with Crippen molar-refractivity contribution in [1.29, 1.82) is 0 Å². The van der Waals surface area contributed by atoms with Crippen LogP contribution >= 0.6 is 0 Å². The lowest BCUT2D eigenvalue weighted by Crippen LogP contribution is -2.37. The third kappa shape index (κ3) is 2.62. The summed E-state index contributed by atoms with van der Waals surface area (Å²) in [4.78, 5) is 6.69. The number of aromatic nitrogens is 1. The second-order valence-electron chi connectivity index (χ2n) is 4.78. The monoisotopic (exact) mass is 223 g/mol. The van der Waals surface area contributed by atoms with Crippen molar-refractivity contribution in [3.8, 4) is 0 Å². The molecule has 16 heavy (non-hydrogen) atoms. The fourth-order valence-electron chi connectivity index (χ4n) is 2.23. The van der Waals surface area contributed by atoms with E-state index in [2.05, 4.69) is 16.9 Å². The number of rotatable bonds is 3. The number of oxazole rings is 1. The summed E-state index contributed by atoms with van der Waals surface area (Å²) < 4.78 is 5.63. The van der Waals surface area contributed by atoms with E-state index in [1.165, 1.54) is 25.8 Å². The quantitative estimate of drug-likeness (QED) is 0.847. The second kappa shape index (κ2) is 4.97. The van der Waals surface area contributed by atoms with E-state index in [9.17, 15) is 0 Å². The molecule has 1 fully saturated rings. The van der Waals surface area contributed by atoms with Crippen LogP contribution < -0.4 is 5.73 Å². The van der Waals surface area contributed by atoms with Gasteiger partial charge in [-0.15, -0.1) is 0 Å². The molecule has 2 unspecified atom stereocenters.